The summed E-state index contributed by atoms with van der Waals surface area (Å²) in [5, 5.41) is 29.5. The monoisotopic (exact) mass is 227 g/mol. The van der Waals surface area contributed by atoms with Crippen LogP contribution in [0.25, 0.3) is 0 Å². The molecule has 1 unspecified atom stereocenters. The maximum Gasteiger partial charge on any atom is 0.142 e. The van der Waals surface area contributed by atoms with Crippen LogP contribution >= 0.6 is 0 Å². The number of aliphatic hydroxyl groups excluding tert-OH is 3. The molecule has 1 atom stereocenters. The van der Waals surface area contributed by atoms with Crippen LogP contribution < -0.4 is 10.1 Å². The Morgan fingerprint density at radius 2 is 2.00 bits per heavy atom. The molecule has 1 aromatic rings. The number of anilines is 1. The summed E-state index contributed by atoms with van der Waals surface area (Å²) in [7, 11) is 0. The molecule has 5 nitrogen and oxygen atoms in total. The minimum absolute atomic E-state index is 0.0480. The molecule has 0 saturated heterocycles. The van der Waals surface area contributed by atoms with Crippen molar-refractivity contribution in [3.05, 3.63) is 24.3 Å². The molecule has 0 saturated carbocycles. The van der Waals surface area contributed by atoms with Crippen molar-refractivity contribution in [1.82, 2.24) is 0 Å². The number of benzene rings is 1. The van der Waals surface area contributed by atoms with E-state index in [9.17, 15) is 5.11 Å². The third-order valence-corrected chi connectivity index (χ3v) is 1.97. The fourth-order valence-electron chi connectivity index (χ4n) is 1.19. The summed E-state index contributed by atoms with van der Waals surface area (Å²) < 4.78 is 5.30. The minimum atomic E-state index is -0.800. The first-order chi connectivity index (χ1) is 7.77. The normalized spacial score (nSPS) is 12.2. The Morgan fingerprint density at radius 3 is 2.69 bits per heavy atom. The first kappa shape index (κ1) is 12.8. The Labute approximate surface area is 94.3 Å². The highest BCUT2D eigenvalue weighted by molar-refractivity contribution is 5.56. The maximum absolute atomic E-state index is 9.19. The van der Waals surface area contributed by atoms with E-state index < -0.39 is 6.10 Å². The molecule has 0 aliphatic carbocycles. The molecule has 0 radical (unpaired) electrons. The highest BCUT2D eigenvalue weighted by Gasteiger charge is 2.05. The predicted molar refractivity (Wildman–Crippen MR) is 60.6 cm³/mol. The smallest absolute Gasteiger partial charge is 0.142 e. The molecule has 1 aromatic carbocycles. The summed E-state index contributed by atoms with van der Waals surface area (Å²) >= 11 is 0. The topological polar surface area (TPSA) is 82.0 Å². The van der Waals surface area contributed by atoms with Crippen LogP contribution in [0.3, 0.4) is 0 Å². The Kier molecular flexibility index (Phi) is 5.63. The van der Waals surface area contributed by atoms with Crippen LogP contribution in [-0.4, -0.2) is 47.8 Å². The van der Waals surface area contributed by atoms with E-state index in [1.165, 1.54) is 0 Å². The standard InChI is InChI=1S/C11H17NO4/c13-5-6-16-11-4-2-1-3-10(11)12-7-9(15)8-14/h1-4,9,12-15H,5-8H2. The molecule has 5 heteroatoms. The van der Waals surface area contributed by atoms with Crippen molar-refractivity contribution in [2.75, 3.05) is 31.7 Å². The van der Waals surface area contributed by atoms with Crippen molar-refractivity contribution < 1.29 is 20.1 Å². The van der Waals surface area contributed by atoms with Crippen LogP contribution in [0.5, 0.6) is 5.75 Å². The van der Waals surface area contributed by atoms with Crippen LogP contribution in [0.2, 0.25) is 0 Å². The number of nitrogens with one attached hydrogen (secondary N) is 1. The second kappa shape index (κ2) is 7.05. The first-order valence-electron chi connectivity index (χ1n) is 5.13. The molecule has 1 rings (SSSR count). The number of aliphatic hydroxyl groups is 3. The van der Waals surface area contributed by atoms with Gasteiger partial charge in [0.25, 0.3) is 0 Å². The predicted octanol–water partition coefficient (Wildman–Crippen LogP) is -0.177. The Hall–Kier alpha value is -1.30. The number of rotatable bonds is 7. The summed E-state index contributed by atoms with van der Waals surface area (Å²) in [5.74, 6) is 0.613. The van der Waals surface area contributed by atoms with Gasteiger partial charge in [0.1, 0.15) is 12.4 Å². The largest absolute Gasteiger partial charge is 0.489 e. The summed E-state index contributed by atoms with van der Waals surface area (Å²) in [5.41, 5.74) is 0.725. The lowest BCUT2D eigenvalue weighted by molar-refractivity contribution is 0.105. The van der Waals surface area contributed by atoms with Gasteiger partial charge < -0.3 is 25.4 Å². The molecule has 0 bridgehead atoms. The van der Waals surface area contributed by atoms with Crippen molar-refractivity contribution in [2.24, 2.45) is 0 Å². The fourth-order valence-corrected chi connectivity index (χ4v) is 1.19. The number of para-hydroxylation sites is 2. The zero-order valence-corrected chi connectivity index (χ0v) is 8.97. The molecular formula is C11H17NO4. The molecule has 0 aliphatic rings. The van der Waals surface area contributed by atoms with Gasteiger partial charge in [0.05, 0.1) is 25.0 Å². The number of ether oxygens (including phenoxy) is 1. The van der Waals surface area contributed by atoms with E-state index in [1.807, 2.05) is 12.1 Å². The molecule has 0 aromatic heterocycles. The molecule has 0 fully saturated rings. The third-order valence-electron chi connectivity index (χ3n) is 1.97. The molecule has 0 spiro atoms. The lowest BCUT2D eigenvalue weighted by Gasteiger charge is -2.14. The fraction of sp³-hybridized carbons (Fsp3) is 0.455. The van der Waals surface area contributed by atoms with Crippen molar-refractivity contribution >= 4 is 5.69 Å². The summed E-state index contributed by atoms with van der Waals surface area (Å²) in [4.78, 5) is 0. The van der Waals surface area contributed by atoms with Gasteiger partial charge in [-0.05, 0) is 12.1 Å². The van der Waals surface area contributed by atoms with Gasteiger partial charge in [0.15, 0.2) is 0 Å². The van der Waals surface area contributed by atoms with Gasteiger partial charge in [0, 0.05) is 6.54 Å². The van der Waals surface area contributed by atoms with Crippen molar-refractivity contribution in [3.63, 3.8) is 0 Å². The summed E-state index contributed by atoms with van der Waals surface area (Å²) in [6, 6.07) is 7.22. The van der Waals surface area contributed by atoms with E-state index in [4.69, 9.17) is 14.9 Å². The van der Waals surface area contributed by atoms with E-state index in [-0.39, 0.29) is 26.4 Å². The molecule has 90 valence electrons. The van der Waals surface area contributed by atoms with Gasteiger partial charge in [-0.15, -0.1) is 0 Å². The van der Waals surface area contributed by atoms with E-state index in [1.54, 1.807) is 12.1 Å². The summed E-state index contributed by atoms with van der Waals surface area (Å²) in [6.45, 7) is 0.136. The maximum atomic E-state index is 9.19. The van der Waals surface area contributed by atoms with Crippen LogP contribution in [0, 0.1) is 0 Å². The average molecular weight is 227 g/mol. The van der Waals surface area contributed by atoms with Crippen molar-refractivity contribution in [2.45, 2.75) is 6.10 Å². The average Bonchev–Trinajstić information content (AvgIpc) is 2.34. The quantitative estimate of drug-likeness (QED) is 0.519. The molecule has 4 N–H and O–H groups in total. The molecule has 16 heavy (non-hydrogen) atoms. The minimum Gasteiger partial charge on any atom is -0.489 e. The Morgan fingerprint density at radius 1 is 1.25 bits per heavy atom. The van der Waals surface area contributed by atoms with Crippen LogP contribution in [0.4, 0.5) is 5.69 Å². The van der Waals surface area contributed by atoms with E-state index in [0.717, 1.165) is 5.69 Å². The van der Waals surface area contributed by atoms with Gasteiger partial charge in [-0.2, -0.15) is 0 Å². The van der Waals surface area contributed by atoms with Gasteiger partial charge in [-0.3, -0.25) is 0 Å². The zero-order valence-electron chi connectivity index (χ0n) is 8.97. The third kappa shape index (κ3) is 4.06. The number of hydrogen-bond acceptors (Lipinski definition) is 5. The Bertz CT molecular complexity index is 306. The Balaban J connectivity index is 2.56. The van der Waals surface area contributed by atoms with Crippen molar-refractivity contribution in [1.29, 1.82) is 0 Å². The van der Waals surface area contributed by atoms with E-state index in [0.29, 0.717) is 5.75 Å². The zero-order chi connectivity index (χ0) is 11.8. The van der Waals surface area contributed by atoms with Gasteiger partial charge in [-0.25, -0.2) is 0 Å². The van der Waals surface area contributed by atoms with E-state index in [2.05, 4.69) is 5.32 Å². The lowest BCUT2D eigenvalue weighted by atomic mass is 10.2. The van der Waals surface area contributed by atoms with Crippen LogP contribution in [0.1, 0.15) is 0 Å². The van der Waals surface area contributed by atoms with Crippen LogP contribution in [0.15, 0.2) is 24.3 Å². The lowest BCUT2D eigenvalue weighted by Crippen LogP contribution is -2.23. The van der Waals surface area contributed by atoms with Gasteiger partial charge in [-0.1, -0.05) is 12.1 Å². The second-order valence-corrected chi connectivity index (χ2v) is 3.29. The first-order valence-corrected chi connectivity index (χ1v) is 5.13. The van der Waals surface area contributed by atoms with E-state index >= 15 is 0 Å². The molecular weight excluding hydrogens is 210 g/mol. The van der Waals surface area contributed by atoms with Crippen LogP contribution in [-0.2, 0) is 0 Å². The van der Waals surface area contributed by atoms with Gasteiger partial charge >= 0.3 is 0 Å². The SMILES string of the molecule is OCCOc1ccccc1NCC(O)CO. The van der Waals surface area contributed by atoms with Gasteiger partial charge in [0.2, 0.25) is 0 Å². The summed E-state index contributed by atoms with van der Waals surface area (Å²) in [6.07, 6.45) is -0.800. The highest BCUT2D eigenvalue weighted by atomic mass is 16.5. The molecule has 0 amide bonds. The second-order valence-electron chi connectivity index (χ2n) is 3.29. The molecule has 0 heterocycles. The number of hydrogen-bond donors (Lipinski definition) is 4. The highest BCUT2D eigenvalue weighted by Crippen LogP contribution is 2.23. The van der Waals surface area contributed by atoms with Crippen molar-refractivity contribution in [3.8, 4) is 5.75 Å². The molecule has 0 aliphatic heterocycles.